The molecule has 1 aliphatic rings. The van der Waals surface area contributed by atoms with Crippen molar-refractivity contribution in [2.45, 2.75) is 20.8 Å². The smallest absolute Gasteiger partial charge is 0.257 e. The SMILES string of the molecule is CCN1CCN(c2c(Cl)cccc2NC(=S)NC(=O)c2ccc(OCC(C)C)cc2)CC1. The highest BCUT2D eigenvalue weighted by Gasteiger charge is 2.21. The molecule has 3 rings (SSSR count). The van der Waals surface area contributed by atoms with Crippen LogP contribution in [0, 0.1) is 5.92 Å². The van der Waals surface area contributed by atoms with Crippen molar-refractivity contribution in [3.63, 3.8) is 0 Å². The van der Waals surface area contributed by atoms with Crippen molar-refractivity contribution in [2.24, 2.45) is 5.92 Å². The summed E-state index contributed by atoms with van der Waals surface area (Å²) in [7, 11) is 0. The number of hydrogen-bond acceptors (Lipinski definition) is 5. The maximum atomic E-state index is 12.6. The standard InChI is InChI=1S/C24H31ClN4O2S/c1-4-28-12-14-29(15-13-28)22-20(25)6-5-7-21(22)26-24(32)27-23(30)18-8-10-19(11-9-18)31-16-17(2)3/h5-11,17H,4,12-16H2,1-3H3,(H2,26,27,30,32). The Labute approximate surface area is 200 Å². The quantitative estimate of drug-likeness (QED) is 0.570. The van der Waals surface area contributed by atoms with Crippen LogP contribution < -0.4 is 20.3 Å². The number of halogens is 1. The van der Waals surface area contributed by atoms with Gasteiger partial charge in [-0.3, -0.25) is 10.1 Å². The first-order chi connectivity index (χ1) is 15.4. The topological polar surface area (TPSA) is 56.8 Å². The van der Waals surface area contributed by atoms with E-state index in [1.165, 1.54) is 0 Å². The largest absolute Gasteiger partial charge is 0.493 e. The number of rotatable bonds is 7. The van der Waals surface area contributed by atoms with Crippen LogP contribution in [0.4, 0.5) is 11.4 Å². The van der Waals surface area contributed by atoms with Crippen LogP contribution in [0.2, 0.25) is 5.02 Å². The Kier molecular flexibility index (Phi) is 8.73. The van der Waals surface area contributed by atoms with Gasteiger partial charge in [0.05, 0.1) is 23.0 Å². The van der Waals surface area contributed by atoms with Gasteiger partial charge in [-0.15, -0.1) is 0 Å². The number of likely N-dealkylation sites (N-methyl/N-ethyl adjacent to an activating group) is 1. The summed E-state index contributed by atoms with van der Waals surface area (Å²) in [5.41, 5.74) is 2.20. The highest BCUT2D eigenvalue weighted by molar-refractivity contribution is 7.80. The van der Waals surface area contributed by atoms with Crippen molar-refractivity contribution in [2.75, 3.05) is 49.5 Å². The maximum Gasteiger partial charge on any atom is 0.257 e. The zero-order valence-electron chi connectivity index (χ0n) is 18.9. The molecule has 0 spiro atoms. The summed E-state index contributed by atoms with van der Waals surface area (Å²) in [5, 5.41) is 6.79. The highest BCUT2D eigenvalue weighted by Crippen LogP contribution is 2.34. The molecule has 2 aromatic carbocycles. The van der Waals surface area contributed by atoms with Crippen LogP contribution in [0.3, 0.4) is 0 Å². The first-order valence-electron chi connectivity index (χ1n) is 11.0. The molecule has 6 nitrogen and oxygen atoms in total. The van der Waals surface area contributed by atoms with Gasteiger partial charge in [-0.1, -0.05) is 38.4 Å². The zero-order valence-corrected chi connectivity index (χ0v) is 20.4. The number of hydrogen-bond donors (Lipinski definition) is 2. The Hall–Kier alpha value is -2.35. The number of ether oxygens (including phenoxy) is 1. The minimum Gasteiger partial charge on any atom is -0.493 e. The van der Waals surface area contributed by atoms with E-state index in [4.69, 9.17) is 28.6 Å². The molecule has 0 atom stereocenters. The fourth-order valence-electron chi connectivity index (χ4n) is 3.52. The summed E-state index contributed by atoms with van der Waals surface area (Å²) >= 11 is 12.0. The summed E-state index contributed by atoms with van der Waals surface area (Å²) in [6.45, 7) is 11.8. The molecule has 172 valence electrons. The first kappa shape index (κ1) is 24.3. The Bertz CT molecular complexity index is 928. The van der Waals surface area contributed by atoms with Gasteiger partial charge >= 0.3 is 0 Å². The molecule has 1 amide bonds. The molecule has 0 aromatic heterocycles. The van der Waals surface area contributed by atoms with E-state index in [1.54, 1.807) is 24.3 Å². The van der Waals surface area contributed by atoms with Crippen LogP contribution >= 0.6 is 23.8 Å². The van der Waals surface area contributed by atoms with E-state index < -0.39 is 0 Å². The van der Waals surface area contributed by atoms with Gasteiger partial charge in [0.1, 0.15) is 5.75 Å². The van der Waals surface area contributed by atoms with Crippen LogP contribution in [0.25, 0.3) is 0 Å². The van der Waals surface area contributed by atoms with Crippen LogP contribution in [-0.4, -0.2) is 55.3 Å². The van der Waals surface area contributed by atoms with Gasteiger partial charge in [0.2, 0.25) is 0 Å². The second-order valence-electron chi connectivity index (χ2n) is 8.19. The van der Waals surface area contributed by atoms with E-state index in [0.717, 1.165) is 49.8 Å². The van der Waals surface area contributed by atoms with Crippen molar-refractivity contribution in [1.82, 2.24) is 10.2 Å². The molecule has 32 heavy (non-hydrogen) atoms. The third-order valence-corrected chi connectivity index (χ3v) is 5.81. The number of thiocarbonyl (C=S) groups is 1. The zero-order chi connectivity index (χ0) is 23.1. The predicted octanol–water partition coefficient (Wildman–Crippen LogP) is 4.64. The monoisotopic (exact) mass is 474 g/mol. The van der Waals surface area contributed by atoms with E-state index in [9.17, 15) is 4.79 Å². The molecule has 0 bridgehead atoms. The number of nitrogens with one attached hydrogen (secondary N) is 2. The Balaban J connectivity index is 1.62. The molecule has 0 unspecified atom stereocenters. The van der Waals surface area contributed by atoms with E-state index in [1.807, 2.05) is 18.2 Å². The molecule has 0 radical (unpaired) electrons. The number of anilines is 2. The highest BCUT2D eigenvalue weighted by atomic mass is 35.5. The van der Waals surface area contributed by atoms with Crippen LogP contribution in [0.15, 0.2) is 42.5 Å². The van der Waals surface area contributed by atoms with Crippen molar-refractivity contribution in [3.05, 3.63) is 53.1 Å². The minimum atomic E-state index is -0.280. The van der Waals surface area contributed by atoms with Gasteiger partial charge in [-0.2, -0.15) is 0 Å². The fourth-order valence-corrected chi connectivity index (χ4v) is 4.02. The average Bonchev–Trinajstić information content (AvgIpc) is 2.78. The summed E-state index contributed by atoms with van der Waals surface area (Å²) < 4.78 is 5.67. The van der Waals surface area contributed by atoms with Crippen LogP contribution in [0.1, 0.15) is 31.1 Å². The number of nitrogens with zero attached hydrogens (tertiary/aromatic N) is 2. The van der Waals surface area contributed by atoms with E-state index in [2.05, 4.69) is 41.2 Å². The third-order valence-electron chi connectivity index (χ3n) is 5.30. The van der Waals surface area contributed by atoms with Gasteiger partial charge in [0.15, 0.2) is 5.11 Å². The summed E-state index contributed by atoms with van der Waals surface area (Å²) in [6, 6.07) is 12.7. The lowest BCUT2D eigenvalue weighted by molar-refractivity contribution is 0.0977. The molecule has 0 aliphatic carbocycles. The third kappa shape index (κ3) is 6.58. The summed E-state index contributed by atoms with van der Waals surface area (Å²) in [4.78, 5) is 17.3. The normalized spacial score (nSPS) is 14.3. The molecule has 1 aliphatic heterocycles. The number of piperazine rings is 1. The van der Waals surface area contributed by atoms with Gasteiger partial charge in [0.25, 0.3) is 5.91 Å². The number of amides is 1. The number of carbonyl (C=O) groups is 1. The number of carbonyl (C=O) groups excluding carboxylic acids is 1. The molecule has 1 heterocycles. The van der Waals surface area contributed by atoms with E-state index in [-0.39, 0.29) is 11.0 Å². The van der Waals surface area contributed by atoms with E-state index in [0.29, 0.717) is 23.1 Å². The number of benzene rings is 2. The molecule has 2 N–H and O–H groups in total. The summed E-state index contributed by atoms with van der Waals surface area (Å²) in [5.74, 6) is 0.897. The van der Waals surface area contributed by atoms with Crippen molar-refractivity contribution >= 4 is 46.2 Å². The number of para-hydroxylation sites is 1. The van der Waals surface area contributed by atoms with E-state index >= 15 is 0 Å². The first-order valence-corrected chi connectivity index (χ1v) is 11.8. The summed E-state index contributed by atoms with van der Waals surface area (Å²) in [6.07, 6.45) is 0. The molecule has 8 heteroatoms. The van der Waals surface area contributed by atoms with Crippen LogP contribution in [-0.2, 0) is 0 Å². The lowest BCUT2D eigenvalue weighted by Gasteiger charge is -2.37. The Morgan fingerprint density at radius 3 is 2.44 bits per heavy atom. The molecule has 2 aromatic rings. The lowest BCUT2D eigenvalue weighted by Crippen LogP contribution is -2.46. The fraction of sp³-hybridized carbons (Fsp3) is 0.417. The van der Waals surface area contributed by atoms with Gasteiger partial charge in [-0.25, -0.2) is 0 Å². The molecule has 0 saturated carbocycles. The second kappa shape index (κ2) is 11.5. The molecule has 1 fully saturated rings. The Morgan fingerprint density at radius 1 is 1.12 bits per heavy atom. The van der Waals surface area contributed by atoms with Gasteiger partial charge < -0.3 is 19.9 Å². The average molecular weight is 475 g/mol. The van der Waals surface area contributed by atoms with Crippen molar-refractivity contribution in [3.8, 4) is 5.75 Å². The predicted molar refractivity (Wildman–Crippen MR) is 136 cm³/mol. The molecule has 1 saturated heterocycles. The van der Waals surface area contributed by atoms with Crippen molar-refractivity contribution < 1.29 is 9.53 Å². The maximum absolute atomic E-state index is 12.6. The van der Waals surface area contributed by atoms with Gasteiger partial charge in [-0.05, 0) is 61.1 Å². The Morgan fingerprint density at radius 2 is 1.81 bits per heavy atom. The second-order valence-corrected chi connectivity index (χ2v) is 9.01. The van der Waals surface area contributed by atoms with Crippen LogP contribution in [0.5, 0.6) is 5.75 Å². The molecular formula is C24H31ClN4O2S. The van der Waals surface area contributed by atoms with Gasteiger partial charge in [0, 0.05) is 31.7 Å². The minimum absolute atomic E-state index is 0.228. The lowest BCUT2D eigenvalue weighted by atomic mass is 10.2. The molecular weight excluding hydrogens is 444 g/mol. The van der Waals surface area contributed by atoms with Crippen molar-refractivity contribution in [1.29, 1.82) is 0 Å².